The SMILES string of the molecule is C[n+]1cc(O)ccc1CN=N. The Labute approximate surface area is 64.6 Å². The predicted molar refractivity (Wildman–Crippen MR) is 38.1 cm³/mol. The van der Waals surface area contributed by atoms with Crippen LogP contribution < -0.4 is 4.57 Å². The number of aromatic hydroxyl groups is 1. The van der Waals surface area contributed by atoms with Gasteiger partial charge in [-0.15, -0.1) is 0 Å². The van der Waals surface area contributed by atoms with Gasteiger partial charge in [0.15, 0.2) is 5.75 Å². The van der Waals surface area contributed by atoms with Gasteiger partial charge in [-0.25, -0.2) is 10.1 Å². The number of nitrogens with one attached hydrogen (secondary N) is 1. The molecule has 1 heterocycles. The predicted octanol–water partition coefficient (Wildman–Crippen LogP) is 0.748. The Kier molecular flexibility index (Phi) is 2.15. The number of hydrogen-bond acceptors (Lipinski definition) is 3. The first-order chi connectivity index (χ1) is 5.24. The van der Waals surface area contributed by atoms with Crippen molar-refractivity contribution in [3.8, 4) is 5.75 Å². The van der Waals surface area contributed by atoms with Gasteiger partial charge in [-0.2, -0.15) is 5.11 Å². The topological polar surface area (TPSA) is 60.3 Å². The van der Waals surface area contributed by atoms with E-state index in [0.29, 0.717) is 6.54 Å². The van der Waals surface area contributed by atoms with Crippen LogP contribution in [0.1, 0.15) is 5.69 Å². The Morgan fingerprint density at radius 2 is 2.36 bits per heavy atom. The van der Waals surface area contributed by atoms with E-state index in [2.05, 4.69) is 5.11 Å². The zero-order valence-electron chi connectivity index (χ0n) is 6.28. The molecule has 4 heteroatoms. The van der Waals surface area contributed by atoms with Crippen molar-refractivity contribution >= 4 is 0 Å². The van der Waals surface area contributed by atoms with Gasteiger partial charge in [-0.3, -0.25) is 0 Å². The number of rotatable bonds is 2. The minimum Gasteiger partial charge on any atom is -0.503 e. The monoisotopic (exact) mass is 152 g/mol. The lowest BCUT2D eigenvalue weighted by Crippen LogP contribution is -2.32. The van der Waals surface area contributed by atoms with Crippen LogP contribution in [0.25, 0.3) is 0 Å². The van der Waals surface area contributed by atoms with E-state index in [9.17, 15) is 0 Å². The normalized spacial score (nSPS) is 9.55. The molecule has 0 saturated carbocycles. The van der Waals surface area contributed by atoms with E-state index in [1.807, 2.05) is 0 Å². The fourth-order valence-electron chi connectivity index (χ4n) is 0.869. The van der Waals surface area contributed by atoms with E-state index < -0.39 is 0 Å². The fourth-order valence-corrected chi connectivity index (χ4v) is 0.869. The molecule has 0 amide bonds. The summed E-state index contributed by atoms with van der Waals surface area (Å²) >= 11 is 0. The lowest BCUT2D eigenvalue weighted by molar-refractivity contribution is -0.679. The van der Waals surface area contributed by atoms with E-state index in [4.69, 9.17) is 10.6 Å². The highest BCUT2D eigenvalue weighted by Crippen LogP contribution is 2.04. The molecule has 0 aliphatic heterocycles. The quantitative estimate of drug-likeness (QED) is 0.476. The second-order valence-electron chi connectivity index (χ2n) is 2.31. The molecule has 1 aromatic heterocycles. The summed E-state index contributed by atoms with van der Waals surface area (Å²) in [6, 6.07) is 3.33. The number of nitrogens with zero attached hydrogens (tertiary/aromatic N) is 2. The highest BCUT2D eigenvalue weighted by molar-refractivity contribution is 5.13. The maximum absolute atomic E-state index is 9.01. The van der Waals surface area contributed by atoms with Crippen LogP contribution in [0.2, 0.25) is 0 Å². The summed E-state index contributed by atoms with van der Waals surface area (Å²) in [6.45, 7) is 0.358. The van der Waals surface area contributed by atoms with Gasteiger partial charge in [0.1, 0.15) is 13.6 Å². The smallest absolute Gasteiger partial charge is 0.210 e. The Morgan fingerprint density at radius 1 is 1.64 bits per heavy atom. The molecule has 0 radical (unpaired) electrons. The van der Waals surface area contributed by atoms with Gasteiger partial charge in [0.2, 0.25) is 11.9 Å². The van der Waals surface area contributed by atoms with Gasteiger partial charge in [-0.05, 0) is 6.07 Å². The maximum Gasteiger partial charge on any atom is 0.210 e. The first-order valence-electron chi connectivity index (χ1n) is 3.25. The van der Waals surface area contributed by atoms with Crippen molar-refractivity contribution in [3.63, 3.8) is 0 Å². The van der Waals surface area contributed by atoms with Crippen molar-refractivity contribution in [2.75, 3.05) is 0 Å². The molecule has 1 rings (SSSR count). The Bertz CT molecular complexity index is 272. The van der Waals surface area contributed by atoms with Crippen LogP contribution in [0, 0.1) is 5.53 Å². The number of hydrogen-bond donors (Lipinski definition) is 2. The van der Waals surface area contributed by atoms with Crippen LogP contribution in [-0.2, 0) is 13.6 Å². The zero-order valence-corrected chi connectivity index (χ0v) is 6.28. The molecule has 0 bridgehead atoms. The summed E-state index contributed by atoms with van der Waals surface area (Å²) in [6.07, 6.45) is 1.58. The van der Waals surface area contributed by atoms with Gasteiger partial charge >= 0.3 is 0 Å². The summed E-state index contributed by atoms with van der Waals surface area (Å²) in [4.78, 5) is 0. The van der Waals surface area contributed by atoms with E-state index in [1.54, 1.807) is 29.9 Å². The van der Waals surface area contributed by atoms with E-state index >= 15 is 0 Å². The minimum absolute atomic E-state index is 0.223. The first-order valence-corrected chi connectivity index (χ1v) is 3.25. The molecule has 0 atom stereocenters. The third-order valence-corrected chi connectivity index (χ3v) is 1.47. The molecule has 0 fully saturated rings. The van der Waals surface area contributed by atoms with E-state index in [1.165, 1.54) is 0 Å². The second-order valence-corrected chi connectivity index (χ2v) is 2.31. The summed E-state index contributed by atoms with van der Waals surface area (Å²) in [7, 11) is 1.81. The van der Waals surface area contributed by atoms with Crippen LogP contribution >= 0.6 is 0 Å². The molecule has 2 N–H and O–H groups in total. The highest BCUT2D eigenvalue weighted by atomic mass is 16.3. The highest BCUT2D eigenvalue weighted by Gasteiger charge is 2.04. The summed E-state index contributed by atoms with van der Waals surface area (Å²) in [5, 5.41) is 12.3. The van der Waals surface area contributed by atoms with Crippen molar-refractivity contribution in [2.24, 2.45) is 12.2 Å². The maximum atomic E-state index is 9.01. The molecule has 58 valence electrons. The van der Waals surface area contributed by atoms with Gasteiger partial charge in [-0.1, -0.05) is 0 Å². The van der Waals surface area contributed by atoms with Crippen LogP contribution in [0.5, 0.6) is 5.75 Å². The largest absolute Gasteiger partial charge is 0.503 e. The Hall–Kier alpha value is -1.45. The molecule has 1 aromatic rings. The molecule has 4 nitrogen and oxygen atoms in total. The molecular formula is C7H10N3O+. The van der Waals surface area contributed by atoms with Gasteiger partial charge in [0.05, 0.1) is 0 Å². The molecular weight excluding hydrogens is 142 g/mol. The van der Waals surface area contributed by atoms with Gasteiger partial charge < -0.3 is 5.11 Å². The van der Waals surface area contributed by atoms with Gasteiger partial charge in [0, 0.05) is 6.07 Å². The van der Waals surface area contributed by atoms with Crippen molar-refractivity contribution in [1.82, 2.24) is 0 Å². The molecule has 0 unspecified atom stereocenters. The van der Waals surface area contributed by atoms with Crippen molar-refractivity contribution in [3.05, 3.63) is 24.0 Å². The number of pyridine rings is 1. The standard InChI is InChI=1S/C7H9N3O/c1-10-5-7(11)3-2-6(10)4-9-8/h2-3,5,8H,4H2,1H3/p+1. The van der Waals surface area contributed by atoms with Crippen LogP contribution in [0.3, 0.4) is 0 Å². The summed E-state index contributed by atoms with van der Waals surface area (Å²) in [5.41, 5.74) is 7.54. The van der Waals surface area contributed by atoms with Gasteiger partial charge in [0.25, 0.3) is 0 Å². The molecule has 0 spiro atoms. The van der Waals surface area contributed by atoms with Crippen molar-refractivity contribution < 1.29 is 9.67 Å². The fraction of sp³-hybridized carbons (Fsp3) is 0.286. The lowest BCUT2D eigenvalue weighted by atomic mass is 10.3. The number of aromatic nitrogens is 1. The third-order valence-electron chi connectivity index (χ3n) is 1.47. The second kappa shape index (κ2) is 3.09. The zero-order chi connectivity index (χ0) is 8.27. The molecule has 0 aliphatic carbocycles. The number of aryl methyl sites for hydroxylation is 1. The van der Waals surface area contributed by atoms with Crippen molar-refractivity contribution in [2.45, 2.75) is 6.54 Å². The van der Waals surface area contributed by atoms with Crippen LogP contribution in [0.4, 0.5) is 0 Å². The van der Waals surface area contributed by atoms with Crippen molar-refractivity contribution in [1.29, 1.82) is 5.53 Å². The third kappa shape index (κ3) is 1.73. The average molecular weight is 152 g/mol. The van der Waals surface area contributed by atoms with Crippen LogP contribution in [0.15, 0.2) is 23.4 Å². The van der Waals surface area contributed by atoms with E-state index in [0.717, 1.165) is 5.69 Å². The summed E-state index contributed by atoms with van der Waals surface area (Å²) in [5.74, 6) is 0.223. The molecule has 11 heavy (non-hydrogen) atoms. The Morgan fingerprint density at radius 3 is 2.91 bits per heavy atom. The van der Waals surface area contributed by atoms with Crippen LogP contribution in [-0.4, -0.2) is 5.11 Å². The molecule has 0 aliphatic rings. The minimum atomic E-state index is 0.223. The lowest BCUT2D eigenvalue weighted by Gasteiger charge is -1.94. The van der Waals surface area contributed by atoms with E-state index in [-0.39, 0.29) is 5.75 Å². The average Bonchev–Trinajstić information content (AvgIpc) is 1.95. The first kappa shape index (κ1) is 7.65. The Balaban J connectivity index is 2.98. The molecule has 0 aromatic carbocycles. The summed E-state index contributed by atoms with van der Waals surface area (Å²) < 4.78 is 1.74. The molecule has 0 saturated heterocycles.